The van der Waals surface area contributed by atoms with E-state index in [4.69, 9.17) is 0 Å². The van der Waals surface area contributed by atoms with E-state index < -0.39 is 0 Å². The van der Waals surface area contributed by atoms with Crippen molar-refractivity contribution in [3.63, 3.8) is 0 Å². The number of aryl methyl sites for hydroxylation is 1. The normalized spacial score (nSPS) is 25.2. The first-order valence-electron chi connectivity index (χ1n) is 9.21. The zero-order valence-corrected chi connectivity index (χ0v) is 15.7. The summed E-state index contributed by atoms with van der Waals surface area (Å²) in [6.45, 7) is 2.79. The first kappa shape index (κ1) is 16.6. The number of nitrogens with zero attached hydrogens (tertiary/aromatic N) is 3. The van der Waals surface area contributed by atoms with Gasteiger partial charge in [-0.1, -0.05) is 12.2 Å². The maximum absolute atomic E-state index is 12.8. The molecule has 138 valence electrons. The number of hydrogen-bond acceptors (Lipinski definition) is 5. The van der Waals surface area contributed by atoms with Gasteiger partial charge in [0.2, 0.25) is 11.8 Å². The lowest BCUT2D eigenvalue weighted by atomic mass is 9.85. The van der Waals surface area contributed by atoms with Crippen LogP contribution in [0.15, 0.2) is 30.4 Å². The van der Waals surface area contributed by atoms with Gasteiger partial charge in [0.15, 0.2) is 0 Å². The molecular formula is C20H19N3O3S. The van der Waals surface area contributed by atoms with Crippen LogP contribution in [0.1, 0.15) is 28.2 Å². The maximum Gasteiger partial charge on any atom is 0.254 e. The van der Waals surface area contributed by atoms with E-state index in [2.05, 4.69) is 4.98 Å². The van der Waals surface area contributed by atoms with Crippen molar-refractivity contribution in [3.05, 3.63) is 40.9 Å². The molecule has 1 aromatic carbocycles. The Labute approximate surface area is 160 Å². The fourth-order valence-corrected chi connectivity index (χ4v) is 5.19. The van der Waals surface area contributed by atoms with Gasteiger partial charge in [-0.15, -0.1) is 11.3 Å². The molecule has 3 aliphatic rings. The highest BCUT2D eigenvalue weighted by atomic mass is 32.1. The molecule has 3 amide bonds. The van der Waals surface area contributed by atoms with Crippen LogP contribution in [-0.4, -0.2) is 51.6 Å². The molecule has 1 aromatic heterocycles. The second kappa shape index (κ2) is 5.99. The Kier molecular flexibility index (Phi) is 3.69. The van der Waals surface area contributed by atoms with Crippen LogP contribution in [0.5, 0.6) is 0 Å². The highest BCUT2D eigenvalue weighted by Crippen LogP contribution is 2.37. The Morgan fingerprint density at radius 1 is 1.11 bits per heavy atom. The Hall–Kier alpha value is -2.54. The molecule has 0 unspecified atom stereocenters. The lowest BCUT2D eigenvalue weighted by Gasteiger charge is -2.43. The molecule has 0 saturated carbocycles. The zero-order chi connectivity index (χ0) is 18.7. The molecule has 2 aliphatic heterocycles. The summed E-state index contributed by atoms with van der Waals surface area (Å²) >= 11 is 1.57. The summed E-state index contributed by atoms with van der Waals surface area (Å²) in [5.41, 5.74) is 1.53. The minimum absolute atomic E-state index is 0.0580. The van der Waals surface area contributed by atoms with E-state index >= 15 is 0 Å². The molecule has 6 nitrogen and oxygen atoms in total. The number of allylic oxidation sites excluding steroid dienone is 2. The SMILES string of the molecule is Cc1nc2ccc(C(=O)N3CC(N4C(=O)[C@H]5CC=CC[C@@H]5C4=O)C3)cc2s1. The van der Waals surface area contributed by atoms with Crippen LogP contribution in [0.3, 0.4) is 0 Å². The number of fused-ring (bicyclic) bond motifs is 2. The summed E-state index contributed by atoms with van der Waals surface area (Å²) in [5, 5.41) is 0.973. The quantitative estimate of drug-likeness (QED) is 0.592. The number of aromatic nitrogens is 1. The molecule has 0 N–H and O–H groups in total. The summed E-state index contributed by atoms with van der Waals surface area (Å²) < 4.78 is 0.997. The van der Waals surface area contributed by atoms with Crippen LogP contribution >= 0.6 is 11.3 Å². The van der Waals surface area contributed by atoms with E-state index in [9.17, 15) is 14.4 Å². The predicted octanol–water partition coefficient (Wildman–Crippen LogP) is 2.38. The van der Waals surface area contributed by atoms with Gasteiger partial charge in [0.1, 0.15) is 0 Å². The van der Waals surface area contributed by atoms with Gasteiger partial charge < -0.3 is 4.90 Å². The molecule has 5 rings (SSSR count). The number of carbonyl (C=O) groups is 3. The number of amides is 3. The fourth-order valence-electron chi connectivity index (χ4n) is 4.33. The molecular weight excluding hydrogens is 362 g/mol. The van der Waals surface area contributed by atoms with E-state index in [1.54, 1.807) is 22.3 Å². The molecule has 2 atom stereocenters. The van der Waals surface area contributed by atoms with Crippen molar-refractivity contribution in [2.45, 2.75) is 25.8 Å². The Morgan fingerprint density at radius 2 is 1.78 bits per heavy atom. The molecule has 0 spiro atoms. The number of thiazole rings is 1. The van der Waals surface area contributed by atoms with E-state index in [1.165, 1.54) is 4.90 Å². The van der Waals surface area contributed by atoms with Gasteiger partial charge in [-0.2, -0.15) is 0 Å². The van der Waals surface area contributed by atoms with Crippen LogP contribution in [-0.2, 0) is 9.59 Å². The van der Waals surface area contributed by atoms with E-state index in [-0.39, 0.29) is 35.6 Å². The average Bonchev–Trinajstić information content (AvgIpc) is 3.12. The highest BCUT2D eigenvalue weighted by Gasteiger charge is 2.52. The second-order valence-electron chi connectivity index (χ2n) is 7.48. The van der Waals surface area contributed by atoms with Crippen LogP contribution in [0.4, 0.5) is 0 Å². The Balaban J connectivity index is 1.29. The van der Waals surface area contributed by atoms with Crippen molar-refractivity contribution < 1.29 is 14.4 Å². The van der Waals surface area contributed by atoms with Gasteiger partial charge in [-0.3, -0.25) is 19.3 Å². The zero-order valence-electron chi connectivity index (χ0n) is 14.9. The molecule has 3 heterocycles. The Morgan fingerprint density at radius 3 is 2.44 bits per heavy atom. The minimum atomic E-state index is -0.204. The number of likely N-dealkylation sites (tertiary alicyclic amines) is 2. The van der Waals surface area contributed by atoms with Gasteiger partial charge in [-0.05, 0) is 38.0 Å². The van der Waals surface area contributed by atoms with E-state index in [0.29, 0.717) is 31.5 Å². The van der Waals surface area contributed by atoms with Crippen LogP contribution in [0.25, 0.3) is 10.2 Å². The molecule has 0 radical (unpaired) electrons. The van der Waals surface area contributed by atoms with Gasteiger partial charge in [-0.25, -0.2) is 4.98 Å². The van der Waals surface area contributed by atoms with E-state index in [1.807, 2.05) is 31.2 Å². The number of benzene rings is 1. The van der Waals surface area contributed by atoms with Crippen LogP contribution < -0.4 is 0 Å². The maximum atomic E-state index is 12.8. The third-order valence-electron chi connectivity index (χ3n) is 5.80. The smallest absolute Gasteiger partial charge is 0.254 e. The minimum Gasteiger partial charge on any atom is -0.334 e. The van der Waals surface area contributed by atoms with Crippen molar-refractivity contribution >= 4 is 39.3 Å². The van der Waals surface area contributed by atoms with Gasteiger partial charge in [0, 0.05) is 18.7 Å². The van der Waals surface area contributed by atoms with E-state index in [0.717, 1.165) is 15.2 Å². The second-order valence-corrected chi connectivity index (χ2v) is 8.72. The fraction of sp³-hybridized carbons (Fsp3) is 0.400. The highest BCUT2D eigenvalue weighted by molar-refractivity contribution is 7.18. The Bertz CT molecular complexity index is 979. The van der Waals surface area contributed by atoms with Crippen molar-refractivity contribution in [2.75, 3.05) is 13.1 Å². The summed E-state index contributed by atoms with van der Waals surface area (Å²) in [6.07, 6.45) is 5.28. The first-order valence-corrected chi connectivity index (χ1v) is 10.0. The molecule has 7 heteroatoms. The molecule has 27 heavy (non-hydrogen) atoms. The van der Waals surface area contributed by atoms with Gasteiger partial charge >= 0.3 is 0 Å². The summed E-state index contributed by atoms with van der Waals surface area (Å²) in [7, 11) is 0. The molecule has 1 aliphatic carbocycles. The summed E-state index contributed by atoms with van der Waals surface area (Å²) in [4.78, 5) is 45.6. The van der Waals surface area contributed by atoms with Crippen LogP contribution in [0.2, 0.25) is 0 Å². The predicted molar refractivity (Wildman–Crippen MR) is 101 cm³/mol. The van der Waals surface area contributed by atoms with Crippen molar-refractivity contribution in [2.24, 2.45) is 11.8 Å². The number of carbonyl (C=O) groups excluding carboxylic acids is 3. The number of imide groups is 1. The van der Waals surface area contributed by atoms with Crippen LogP contribution in [0, 0.1) is 18.8 Å². The van der Waals surface area contributed by atoms with Crippen molar-refractivity contribution in [3.8, 4) is 0 Å². The molecule has 2 fully saturated rings. The lowest BCUT2D eigenvalue weighted by molar-refractivity contribution is -0.145. The lowest BCUT2D eigenvalue weighted by Crippen LogP contribution is -2.62. The number of hydrogen-bond donors (Lipinski definition) is 0. The monoisotopic (exact) mass is 381 g/mol. The van der Waals surface area contributed by atoms with Gasteiger partial charge in [0.05, 0.1) is 33.1 Å². The average molecular weight is 381 g/mol. The van der Waals surface area contributed by atoms with Crippen molar-refractivity contribution in [1.82, 2.24) is 14.8 Å². The first-order chi connectivity index (χ1) is 13.0. The topological polar surface area (TPSA) is 70.6 Å². The van der Waals surface area contributed by atoms with Gasteiger partial charge in [0.25, 0.3) is 5.91 Å². The molecule has 2 saturated heterocycles. The van der Waals surface area contributed by atoms with Crippen molar-refractivity contribution in [1.29, 1.82) is 0 Å². The number of rotatable bonds is 2. The molecule has 2 aromatic rings. The largest absolute Gasteiger partial charge is 0.334 e. The third-order valence-corrected chi connectivity index (χ3v) is 6.73. The molecule has 0 bridgehead atoms. The summed E-state index contributed by atoms with van der Waals surface area (Å²) in [6, 6.07) is 5.36. The summed E-state index contributed by atoms with van der Waals surface area (Å²) in [5.74, 6) is -0.591. The standard InChI is InChI=1S/C20H19N3O3S/c1-11-21-16-7-6-12(8-17(16)27-11)18(24)22-9-13(10-22)23-19(25)14-4-2-3-5-15(14)20(23)26/h2-3,6-8,13-15H,4-5,9-10H2,1H3/t14-,15-/m0/s1. The third kappa shape index (κ3) is 2.52.